The molecule has 0 bridgehead atoms. The van der Waals surface area contributed by atoms with E-state index in [2.05, 4.69) is 10.4 Å². The summed E-state index contributed by atoms with van der Waals surface area (Å²) in [5.41, 5.74) is 4.67. The molecule has 2 rings (SSSR count). The van der Waals surface area contributed by atoms with Crippen LogP contribution in [0.15, 0.2) is 24.3 Å². The van der Waals surface area contributed by atoms with Gasteiger partial charge in [-0.25, -0.2) is 9.48 Å². The van der Waals surface area contributed by atoms with E-state index in [1.807, 2.05) is 50.7 Å². The van der Waals surface area contributed by atoms with Crippen LogP contribution in [0.25, 0.3) is 5.69 Å². The summed E-state index contributed by atoms with van der Waals surface area (Å²) in [7, 11) is 1.92. The van der Waals surface area contributed by atoms with E-state index in [0.29, 0.717) is 12.2 Å². The third-order valence-corrected chi connectivity index (χ3v) is 3.56. The second-order valence-corrected chi connectivity index (χ2v) is 5.28. The molecule has 2 aromatic rings. The largest absolute Gasteiger partial charge is 0.462 e. The Kier molecular flexibility index (Phi) is 5.33. The van der Waals surface area contributed by atoms with Gasteiger partial charge in [0.25, 0.3) is 0 Å². The van der Waals surface area contributed by atoms with Crippen molar-refractivity contribution in [2.45, 2.75) is 33.7 Å². The highest BCUT2D eigenvalue weighted by molar-refractivity contribution is 5.90. The molecule has 22 heavy (non-hydrogen) atoms. The normalized spacial score (nSPS) is 10.7. The molecule has 1 heterocycles. The SMILES string of the molecule is CCCOC(=O)c1cccc(-n2nc(C)c(CNC)c2C)c1. The third kappa shape index (κ3) is 3.36. The number of nitrogens with zero attached hydrogens (tertiary/aromatic N) is 2. The van der Waals surface area contributed by atoms with E-state index < -0.39 is 0 Å². The molecule has 0 amide bonds. The highest BCUT2D eigenvalue weighted by Gasteiger charge is 2.14. The first-order chi connectivity index (χ1) is 10.6. The molecule has 1 N–H and O–H groups in total. The van der Waals surface area contributed by atoms with E-state index in [4.69, 9.17) is 4.74 Å². The van der Waals surface area contributed by atoms with Gasteiger partial charge in [-0.05, 0) is 45.5 Å². The van der Waals surface area contributed by atoms with Crippen molar-refractivity contribution in [3.63, 3.8) is 0 Å². The smallest absolute Gasteiger partial charge is 0.338 e. The van der Waals surface area contributed by atoms with Crippen molar-refractivity contribution < 1.29 is 9.53 Å². The number of carbonyl (C=O) groups excluding carboxylic acids is 1. The van der Waals surface area contributed by atoms with Gasteiger partial charge in [-0.3, -0.25) is 0 Å². The van der Waals surface area contributed by atoms with Crippen LogP contribution in [0.3, 0.4) is 0 Å². The van der Waals surface area contributed by atoms with Gasteiger partial charge in [0.1, 0.15) is 0 Å². The average molecular weight is 301 g/mol. The summed E-state index contributed by atoms with van der Waals surface area (Å²) >= 11 is 0. The first kappa shape index (κ1) is 16.2. The fourth-order valence-corrected chi connectivity index (χ4v) is 2.40. The zero-order valence-corrected chi connectivity index (χ0v) is 13.6. The van der Waals surface area contributed by atoms with Gasteiger partial charge in [-0.1, -0.05) is 13.0 Å². The molecule has 0 aliphatic carbocycles. The van der Waals surface area contributed by atoms with Crippen LogP contribution in [-0.4, -0.2) is 29.4 Å². The highest BCUT2D eigenvalue weighted by atomic mass is 16.5. The number of esters is 1. The zero-order valence-electron chi connectivity index (χ0n) is 13.6. The van der Waals surface area contributed by atoms with Gasteiger partial charge in [0.05, 0.1) is 23.6 Å². The van der Waals surface area contributed by atoms with Gasteiger partial charge in [-0.2, -0.15) is 5.10 Å². The van der Waals surface area contributed by atoms with Crippen LogP contribution >= 0.6 is 0 Å². The number of benzene rings is 1. The molecule has 0 saturated heterocycles. The number of aromatic nitrogens is 2. The Balaban J connectivity index is 2.34. The minimum atomic E-state index is -0.291. The van der Waals surface area contributed by atoms with Crippen molar-refractivity contribution in [3.8, 4) is 5.69 Å². The first-order valence-electron chi connectivity index (χ1n) is 7.55. The fourth-order valence-electron chi connectivity index (χ4n) is 2.40. The minimum absolute atomic E-state index is 0.291. The van der Waals surface area contributed by atoms with Crippen molar-refractivity contribution in [2.75, 3.05) is 13.7 Å². The quantitative estimate of drug-likeness (QED) is 0.834. The van der Waals surface area contributed by atoms with Crippen LogP contribution in [0.2, 0.25) is 0 Å². The lowest BCUT2D eigenvalue weighted by Crippen LogP contribution is -2.08. The molecule has 5 nitrogen and oxygen atoms in total. The molecule has 118 valence electrons. The lowest BCUT2D eigenvalue weighted by atomic mass is 10.2. The van der Waals surface area contributed by atoms with Crippen LogP contribution in [-0.2, 0) is 11.3 Å². The van der Waals surface area contributed by atoms with Crippen LogP contribution in [0.4, 0.5) is 0 Å². The first-order valence-corrected chi connectivity index (χ1v) is 7.55. The van der Waals surface area contributed by atoms with E-state index in [9.17, 15) is 4.79 Å². The number of hydrogen-bond donors (Lipinski definition) is 1. The van der Waals surface area contributed by atoms with Gasteiger partial charge in [0.15, 0.2) is 0 Å². The maximum absolute atomic E-state index is 12.0. The molecule has 0 aliphatic heterocycles. The Morgan fingerprint density at radius 1 is 1.36 bits per heavy atom. The molecule has 0 saturated carbocycles. The number of ether oxygens (including phenoxy) is 1. The summed E-state index contributed by atoms with van der Waals surface area (Å²) in [5.74, 6) is -0.291. The number of hydrogen-bond acceptors (Lipinski definition) is 4. The summed E-state index contributed by atoms with van der Waals surface area (Å²) in [6.07, 6.45) is 0.816. The number of aryl methyl sites for hydroxylation is 1. The summed E-state index contributed by atoms with van der Waals surface area (Å²) in [6, 6.07) is 7.38. The summed E-state index contributed by atoms with van der Waals surface area (Å²) in [4.78, 5) is 12.0. The van der Waals surface area contributed by atoms with Gasteiger partial charge < -0.3 is 10.1 Å². The van der Waals surface area contributed by atoms with Gasteiger partial charge >= 0.3 is 5.97 Å². The molecule has 0 spiro atoms. The van der Waals surface area contributed by atoms with Crippen molar-refractivity contribution >= 4 is 5.97 Å². The Hall–Kier alpha value is -2.14. The molecule has 0 radical (unpaired) electrons. The summed E-state index contributed by atoms with van der Waals surface area (Å²) in [5, 5.41) is 7.74. The third-order valence-electron chi connectivity index (χ3n) is 3.56. The molecule has 1 aromatic heterocycles. The summed E-state index contributed by atoms with van der Waals surface area (Å²) < 4.78 is 7.06. The topological polar surface area (TPSA) is 56.2 Å². The molecule has 5 heteroatoms. The van der Waals surface area contributed by atoms with Gasteiger partial charge in [-0.15, -0.1) is 0 Å². The van der Waals surface area contributed by atoms with Crippen LogP contribution in [0.1, 0.15) is 40.7 Å². The average Bonchev–Trinajstić information content (AvgIpc) is 2.81. The van der Waals surface area contributed by atoms with Crippen LogP contribution in [0.5, 0.6) is 0 Å². The van der Waals surface area contributed by atoms with Crippen LogP contribution in [0, 0.1) is 13.8 Å². The second kappa shape index (κ2) is 7.22. The Bertz CT molecular complexity index is 662. The predicted octanol–water partition coefficient (Wildman–Crippen LogP) is 2.78. The van der Waals surface area contributed by atoms with E-state index in [-0.39, 0.29) is 5.97 Å². The van der Waals surface area contributed by atoms with Gasteiger partial charge in [0, 0.05) is 17.8 Å². The Morgan fingerprint density at radius 3 is 2.82 bits per heavy atom. The van der Waals surface area contributed by atoms with Crippen molar-refractivity contribution in [2.24, 2.45) is 0 Å². The van der Waals surface area contributed by atoms with E-state index in [1.165, 1.54) is 5.56 Å². The molecule has 1 aromatic carbocycles. The van der Waals surface area contributed by atoms with Crippen molar-refractivity contribution in [1.29, 1.82) is 0 Å². The minimum Gasteiger partial charge on any atom is -0.462 e. The van der Waals surface area contributed by atoms with E-state index in [0.717, 1.165) is 30.0 Å². The fraction of sp³-hybridized carbons (Fsp3) is 0.412. The van der Waals surface area contributed by atoms with Crippen LogP contribution < -0.4 is 5.32 Å². The highest BCUT2D eigenvalue weighted by Crippen LogP contribution is 2.19. The standard InChI is InChI=1S/C17H23N3O2/c1-5-9-22-17(21)14-7-6-8-15(10-14)20-13(3)16(11-18-4)12(2)19-20/h6-8,10,18H,5,9,11H2,1-4H3. The lowest BCUT2D eigenvalue weighted by Gasteiger charge is -2.08. The van der Waals surface area contributed by atoms with Gasteiger partial charge in [0.2, 0.25) is 0 Å². The predicted molar refractivity (Wildman–Crippen MR) is 86.4 cm³/mol. The number of carbonyl (C=O) groups is 1. The maximum Gasteiger partial charge on any atom is 0.338 e. The number of rotatable bonds is 6. The summed E-state index contributed by atoms with van der Waals surface area (Å²) in [6.45, 7) is 7.22. The molecule has 0 atom stereocenters. The van der Waals surface area contributed by atoms with E-state index in [1.54, 1.807) is 6.07 Å². The molecule has 0 fully saturated rings. The maximum atomic E-state index is 12.0. The number of nitrogens with one attached hydrogen (secondary N) is 1. The second-order valence-electron chi connectivity index (χ2n) is 5.28. The molecule has 0 unspecified atom stereocenters. The Labute approximate surface area is 131 Å². The monoisotopic (exact) mass is 301 g/mol. The van der Waals surface area contributed by atoms with Crippen molar-refractivity contribution in [1.82, 2.24) is 15.1 Å². The molecular weight excluding hydrogens is 278 g/mol. The lowest BCUT2D eigenvalue weighted by molar-refractivity contribution is 0.0505. The molecular formula is C17H23N3O2. The Morgan fingerprint density at radius 2 is 2.14 bits per heavy atom. The van der Waals surface area contributed by atoms with Crippen molar-refractivity contribution in [3.05, 3.63) is 46.8 Å². The molecule has 0 aliphatic rings. The van der Waals surface area contributed by atoms with E-state index >= 15 is 0 Å². The zero-order chi connectivity index (χ0) is 16.1.